The Bertz CT molecular complexity index is 641. The molecule has 0 amide bonds. The first-order valence-electron chi connectivity index (χ1n) is 6.42. The molecule has 0 aliphatic carbocycles. The van der Waals surface area contributed by atoms with E-state index in [4.69, 9.17) is 10.5 Å². The van der Waals surface area contributed by atoms with Crippen LogP contribution in [0.5, 0.6) is 5.75 Å². The lowest BCUT2D eigenvalue weighted by molar-refractivity contribution is 0.386. The van der Waals surface area contributed by atoms with Gasteiger partial charge in [-0.15, -0.1) is 0 Å². The van der Waals surface area contributed by atoms with Crippen molar-refractivity contribution in [2.24, 2.45) is 7.05 Å². The number of nitrogen functional groups attached to an aromatic ring is 1. The minimum atomic E-state index is -0.424. The molecular weight excluding hydrogens is 257 g/mol. The summed E-state index contributed by atoms with van der Waals surface area (Å²) in [7, 11) is 3.30. The van der Waals surface area contributed by atoms with E-state index in [-0.39, 0.29) is 11.2 Å². The topological polar surface area (TPSA) is 53.1 Å². The number of anilines is 1. The molecule has 0 saturated heterocycles. The van der Waals surface area contributed by atoms with Crippen molar-refractivity contribution < 1.29 is 9.13 Å². The maximum atomic E-state index is 13.8. The molecule has 0 spiro atoms. The van der Waals surface area contributed by atoms with E-state index in [0.717, 1.165) is 5.82 Å². The maximum Gasteiger partial charge on any atom is 0.165 e. The van der Waals surface area contributed by atoms with Crippen molar-refractivity contribution in [3.8, 4) is 17.0 Å². The van der Waals surface area contributed by atoms with Crippen LogP contribution in [0.1, 0.15) is 26.6 Å². The predicted molar refractivity (Wildman–Crippen MR) is 78.3 cm³/mol. The third-order valence-electron chi connectivity index (χ3n) is 3.24. The van der Waals surface area contributed by atoms with E-state index >= 15 is 0 Å². The van der Waals surface area contributed by atoms with Gasteiger partial charge in [-0.2, -0.15) is 0 Å². The van der Waals surface area contributed by atoms with Crippen molar-refractivity contribution in [2.45, 2.75) is 26.2 Å². The van der Waals surface area contributed by atoms with Crippen LogP contribution in [0.15, 0.2) is 18.2 Å². The number of rotatable bonds is 2. The van der Waals surface area contributed by atoms with E-state index in [1.807, 2.05) is 11.6 Å². The smallest absolute Gasteiger partial charge is 0.165 e. The maximum absolute atomic E-state index is 13.8. The minimum Gasteiger partial charge on any atom is -0.494 e. The lowest BCUT2D eigenvalue weighted by Crippen LogP contribution is -2.17. The van der Waals surface area contributed by atoms with Gasteiger partial charge in [0, 0.05) is 18.0 Å². The van der Waals surface area contributed by atoms with Gasteiger partial charge in [0.2, 0.25) is 0 Å². The Labute approximate surface area is 118 Å². The van der Waals surface area contributed by atoms with Crippen molar-refractivity contribution in [1.82, 2.24) is 9.55 Å². The molecule has 0 atom stereocenters. The number of methoxy groups -OCH3 is 1. The summed E-state index contributed by atoms with van der Waals surface area (Å²) in [6.07, 6.45) is 0. The van der Waals surface area contributed by atoms with Crippen LogP contribution in [0.2, 0.25) is 0 Å². The molecule has 2 aromatic rings. The number of hydrogen-bond acceptors (Lipinski definition) is 3. The number of nitrogens with two attached hydrogens (primary N) is 1. The van der Waals surface area contributed by atoms with E-state index < -0.39 is 5.82 Å². The third-order valence-corrected chi connectivity index (χ3v) is 3.24. The highest BCUT2D eigenvalue weighted by Gasteiger charge is 2.24. The number of halogens is 1. The highest BCUT2D eigenvalue weighted by molar-refractivity contribution is 5.71. The van der Waals surface area contributed by atoms with Gasteiger partial charge in [0.25, 0.3) is 0 Å². The number of hydrogen-bond donors (Lipinski definition) is 1. The summed E-state index contributed by atoms with van der Waals surface area (Å²) >= 11 is 0. The molecule has 0 saturated carbocycles. The quantitative estimate of drug-likeness (QED) is 0.917. The molecule has 20 heavy (non-hydrogen) atoms. The minimum absolute atomic E-state index is 0.133. The SMILES string of the molecule is COc1ccc(-c2nc(C(C)(C)C)n(C)c2N)cc1F. The van der Waals surface area contributed by atoms with Gasteiger partial charge in [-0.3, -0.25) is 0 Å². The molecule has 1 aromatic carbocycles. The molecule has 108 valence electrons. The molecule has 0 radical (unpaired) electrons. The van der Waals surface area contributed by atoms with E-state index in [1.54, 1.807) is 12.1 Å². The van der Waals surface area contributed by atoms with Crippen molar-refractivity contribution >= 4 is 5.82 Å². The molecular formula is C15H20FN3O. The van der Waals surface area contributed by atoms with Gasteiger partial charge in [-0.1, -0.05) is 20.8 Å². The predicted octanol–water partition coefficient (Wildman–Crippen LogP) is 3.11. The van der Waals surface area contributed by atoms with Crippen LogP contribution in [-0.4, -0.2) is 16.7 Å². The van der Waals surface area contributed by atoms with Gasteiger partial charge < -0.3 is 15.0 Å². The van der Waals surface area contributed by atoms with Gasteiger partial charge in [0.15, 0.2) is 11.6 Å². The Hall–Kier alpha value is -2.04. The molecule has 0 aliphatic heterocycles. The van der Waals surface area contributed by atoms with Crippen molar-refractivity contribution in [3.05, 3.63) is 29.8 Å². The molecule has 2 N–H and O–H groups in total. The van der Waals surface area contributed by atoms with Crippen LogP contribution < -0.4 is 10.5 Å². The Kier molecular flexibility index (Phi) is 3.46. The number of imidazole rings is 1. The fourth-order valence-electron chi connectivity index (χ4n) is 2.21. The third kappa shape index (κ3) is 2.35. The van der Waals surface area contributed by atoms with Gasteiger partial charge in [-0.25, -0.2) is 9.37 Å². The summed E-state index contributed by atoms with van der Waals surface area (Å²) in [6.45, 7) is 6.19. The molecule has 1 heterocycles. The largest absolute Gasteiger partial charge is 0.494 e. The van der Waals surface area contributed by atoms with E-state index in [0.29, 0.717) is 17.1 Å². The molecule has 1 aromatic heterocycles. The summed E-state index contributed by atoms with van der Waals surface area (Å²) in [4.78, 5) is 4.58. The zero-order chi connectivity index (χ0) is 15.1. The number of aromatic nitrogens is 2. The summed E-state index contributed by atoms with van der Waals surface area (Å²) in [5, 5.41) is 0. The van der Waals surface area contributed by atoms with Gasteiger partial charge in [0.1, 0.15) is 17.3 Å². The standard InChI is InChI=1S/C15H20FN3O/c1-15(2,3)14-18-12(13(17)19(14)4)9-6-7-11(20-5)10(16)8-9/h6-8H,17H2,1-5H3. The lowest BCUT2D eigenvalue weighted by atomic mass is 9.96. The summed E-state index contributed by atoms with van der Waals surface area (Å²) in [5.74, 6) is 1.17. The summed E-state index contributed by atoms with van der Waals surface area (Å²) in [6, 6.07) is 4.73. The van der Waals surface area contributed by atoms with Crippen molar-refractivity contribution in [1.29, 1.82) is 0 Å². The molecule has 0 fully saturated rings. The van der Waals surface area contributed by atoms with Crippen molar-refractivity contribution in [2.75, 3.05) is 12.8 Å². The average molecular weight is 277 g/mol. The number of ether oxygens (including phenoxy) is 1. The summed E-state index contributed by atoms with van der Waals surface area (Å²) in [5.41, 5.74) is 7.21. The second kappa shape index (κ2) is 4.81. The number of nitrogens with zero attached hydrogens (tertiary/aromatic N) is 2. The van der Waals surface area contributed by atoms with Crippen LogP contribution in [0.25, 0.3) is 11.3 Å². The van der Waals surface area contributed by atoms with Crippen LogP contribution in [0.4, 0.5) is 10.2 Å². The molecule has 2 rings (SSSR count). The van der Waals surface area contributed by atoms with E-state index in [2.05, 4.69) is 25.8 Å². The number of benzene rings is 1. The van der Waals surface area contributed by atoms with Crippen molar-refractivity contribution in [3.63, 3.8) is 0 Å². The second-order valence-electron chi connectivity index (χ2n) is 5.83. The van der Waals surface area contributed by atoms with Gasteiger partial charge in [-0.05, 0) is 18.2 Å². The Morgan fingerprint density at radius 2 is 1.95 bits per heavy atom. The lowest BCUT2D eigenvalue weighted by Gasteiger charge is -2.17. The van der Waals surface area contributed by atoms with Crippen LogP contribution in [-0.2, 0) is 12.5 Å². The molecule has 5 heteroatoms. The molecule has 0 bridgehead atoms. The fourth-order valence-corrected chi connectivity index (χ4v) is 2.21. The van der Waals surface area contributed by atoms with Gasteiger partial charge in [0.05, 0.1) is 7.11 Å². The molecule has 4 nitrogen and oxygen atoms in total. The first kappa shape index (κ1) is 14.4. The Morgan fingerprint density at radius 3 is 2.40 bits per heavy atom. The summed E-state index contributed by atoms with van der Waals surface area (Å²) < 4.78 is 20.6. The Balaban J connectivity index is 2.57. The first-order chi connectivity index (χ1) is 9.25. The van der Waals surface area contributed by atoms with E-state index in [1.165, 1.54) is 13.2 Å². The Morgan fingerprint density at radius 1 is 1.30 bits per heavy atom. The van der Waals surface area contributed by atoms with Crippen LogP contribution in [0, 0.1) is 5.82 Å². The molecule has 0 aliphatic rings. The normalized spacial score (nSPS) is 11.7. The van der Waals surface area contributed by atoms with Crippen LogP contribution in [0.3, 0.4) is 0 Å². The van der Waals surface area contributed by atoms with E-state index in [9.17, 15) is 4.39 Å². The highest BCUT2D eigenvalue weighted by atomic mass is 19.1. The second-order valence-corrected chi connectivity index (χ2v) is 5.83. The molecule has 0 unspecified atom stereocenters. The fraction of sp³-hybridized carbons (Fsp3) is 0.400. The first-order valence-corrected chi connectivity index (χ1v) is 6.42. The highest BCUT2D eigenvalue weighted by Crippen LogP contribution is 2.32. The average Bonchev–Trinajstić information content (AvgIpc) is 2.66. The zero-order valence-electron chi connectivity index (χ0n) is 12.5. The van der Waals surface area contributed by atoms with Gasteiger partial charge >= 0.3 is 0 Å². The van der Waals surface area contributed by atoms with Crippen LogP contribution >= 0.6 is 0 Å². The monoisotopic (exact) mass is 277 g/mol. The zero-order valence-corrected chi connectivity index (χ0v) is 12.5.